The Kier molecular flexibility index (Phi) is 6.44. The van der Waals surface area contributed by atoms with Crippen LogP contribution in [0.2, 0.25) is 0 Å². The summed E-state index contributed by atoms with van der Waals surface area (Å²) in [5, 5.41) is 3.53. The number of aryl methyl sites for hydroxylation is 1. The Morgan fingerprint density at radius 3 is 2.43 bits per heavy atom. The maximum absolute atomic E-state index is 12.7. The zero-order valence-electron chi connectivity index (χ0n) is 16.7. The Labute approximate surface area is 170 Å². The molecule has 28 heavy (non-hydrogen) atoms. The molecule has 0 saturated heterocycles. The van der Waals surface area contributed by atoms with E-state index in [1.807, 2.05) is 13.8 Å². The number of carbonyl (C=O) groups is 2. The molecule has 1 aromatic heterocycles. The molecule has 3 N–H and O–H groups in total. The largest absolute Gasteiger partial charge is 0.366 e. The first kappa shape index (κ1) is 20.5. The number of amides is 2. The summed E-state index contributed by atoms with van der Waals surface area (Å²) in [5.41, 5.74) is 8.54. The summed E-state index contributed by atoms with van der Waals surface area (Å²) in [6.45, 7) is 6.04. The van der Waals surface area contributed by atoms with Crippen LogP contribution >= 0.6 is 11.8 Å². The van der Waals surface area contributed by atoms with Gasteiger partial charge in [-0.25, -0.2) is 4.98 Å². The third-order valence-corrected chi connectivity index (χ3v) is 6.45. The van der Waals surface area contributed by atoms with Gasteiger partial charge in [0.15, 0.2) is 5.16 Å². The van der Waals surface area contributed by atoms with Crippen LogP contribution in [0, 0.1) is 13.8 Å². The molecule has 1 atom stereocenters. The SMILES string of the molecule is Cc1nc(SC(C)C(=O)Nc2ccc(C(N)=O)cc2)n(C2CCCCC2)c1C. The first-order valence-corrected chi connectivity index (χ1v) is 10.7. The van der Waals surface area contributed by atoms with E-state index in [1.54, 1.807) is 24.3 Å². The highest BCUT2D eigenvalue weighted by molar-refractivity contribution is 8.00. The van der Waals surface area contributed by atoms with Crippen LogP contribution in [0.15, 0.2) is 29.4 Å². The van der Waals surface area contributed by atoms with Crippen LogP contribution in [0.3, 0.4) is 0 Å². The van der Waals surface area contributed by atoms with Crippen molar-refractivity contribution >= 4 is 29.3 Å². The van der Waals surface area contributed by atoms with Crippen molar-refractivity contribution in [3.63, 3.8) is 0 Å². The molecule has 7 heteroatoms. The summed E-state index contributed by atoms with van der Waals surface area (Å²) in [7, 11) is 0. The summed E-state index contributed by atoms with van der Waals surface area (Å²) in [5.74, 6) is -0.576. The summed E-state index contributed by atoms with van der Waals surface area (Å²) >= 11 is 1.50. The highest BCUT2D eigenvalue weighted by Crippen LogP contribution is 2.35. The third kappa shape index (κ3) is 4.58. The molecule has 1 aliphatic rings. The van der Waals surface area contributed by atoms with Crippen LogP contribution in [-0.2, 0) is 4.79 Å². The number of aromatic nitrogens is 2. The van der Waals surface area contributed by atoms with Crippen molar-refractivity contribution < 1.29 is 9.59 Å². The number of hydrogen-bond acceptors (Lipinski definition) is 4. The minimum atomic E-state index is -0.484. The molecule has 6 nitrogen and oxygen atoms in total. The lowest BCUT2D eigenvalue weighted by Crippen LogP contribution is -2.23. The predicted octanol–water partition coefficient (Wildman–Crippen LogP) is 4.22. The van der Waals surface area contributed by atoms with Gasteiger partial charge >= 0.3 is 0 Å². The van der Waals surface area contributed by atoms with Crippen LogP contribution in [0.1, 0.15) is 66.8 Å². The highest BCUT2D eigenvalue weighted by atomic mass is 32.2. The molecular formula is C21H28N4O2S. The molecule has 150 valence electrons. The maximum Gasteiger partial charge on any atom is 0.248 e. The van der Waals surface area contributed by atoms with Crippen molar-refractivity contribution in [3.05, 3.63) is 41.2 Å². The molecule has 1 unspecified atom stereocenters. The zero-order valence-corrected chi connectivity index (χ0v) is 17.5. The van der Waals surface area contributed by atoms with Gasteiger partial charge in [-0.05, 0) is 57.9 Å². The molecule has 1 aromatic carbocycles. The Balaban J connectivity index is 1.70. The van der Waals surface area contributed by atoms with Gasteiger partial charge in [0.1, 0.15) is 0 Å². The van der Waals surface area contributed by atoms with Crippen molar-refractivity contribution in [1.82, 2.24) is 9.55 Å². The first-order valence-electron chi connectivity index (χ1n) is 9.79. The molecule has 3 rings (SSSR count). The minimum absolute atomic E-state index is 0.0923. The van der Waals surface area contributed by atoms with Gasteiger partial charge in [-0.15, -0.1) is 0 Å². The van der Waals surface area contributed by atoms with Crippen LogP contribution in [0.25, 0.3) is 0 Å². The number of hydrogen-bond donors (Lipinski definition) is 2. The lowest BCUT2D eigenvalue weighted by Gasteiger charge is -2.26. The number of primary amides is 1. The summed E-state index contributed by atoms with van der Waals surface area (Å²) in [6, 6.07) is 7.07. The average molecular weight is 401 g/mol. The summed E-state index contributed by atoms with van der Waals surface area (Å²) in [4.78, 5) is 28.6. The Morgan fingerprint density at radius 1 is 1.18 bits per heavy atom. The topological polar surface area (TPSA) is 90.0 Å². The second-order valence-electron chi connectivity index (χ2n) is 7.42. The quantitative estimate of drug-likeness (QED) is 0.710. The van der Waals surface area contributed by atoms with Crippen molar-refractivity contribution in [3.8, 4) is 0 Å². The Morgan fingerprint density at radius 2 is 1.82 bits per heavy atom. The molecule has 1 fully saturated rings. The number of nitrogens with one attached hydrogen (secondary N) is 1. The number of nitrogens with two attached hydrogens (primary N) is 1. The van der Waals surface area contributed by atoms with Gasteiger partial charge in [0, 0.05) is 23.0 Å². The fraction of sp³-hybridized carbons (Fsp3) is 0.476. The molecule has 1 saturated carbocycles. The summed E-state index contributed by atoms with van der Waals surface area (Å²) in [6.07, 6.45) is 6.17. The van der Waals surface area contributed by atoms with E-state index in [-0.39, 0.29) is 11.2 Å². The molecule has 1 aliphatic carbocycles. The average Bonchev–Trinajstić information content (AvgIpc) is 2.96. The van der Waals surface area contributed by atoms with Crippen LogP contribution < -0.4 is 11.1 Å². The van der Waals surface area contributed by atoms with Gasteiger partial charge in [-0.1, -0.05) is 31.0 Å². The van der Waals surface area contributed by atoms with Gasteiger partial charge in [0.2, 0.25) is 11.8 Å². The number of anilines is 1. The molecule has 0 radical (unpaired) electrons. The highest BCUT2D eigenvalue weighted by Gasteiger charge is 2.25. The molecular weight excluding hydrogens is 372 g/mol. The van der Waals surface area contributed by atoms with Crippen molar-refractivity contribution in [2.45, 2.75) is 69.3 Å². The molecule has 0 bridgehead atoms. The second kappa shape index (κ2) is 8.82. The van der Waals surface area contributed by atoms with Crippen LogP contribution in [-0.4, -0.2) is 26.6 Å². The number of rotatable bonds is 6. The second-order valence-corrected chi connectivity index (χ2v) is 8.73. The third-order valence-electron chi connectivity index (χ3n) is 5.38. The van der Waals surface area contributed by atoms with Crippen LogP contribution in [0.5, 0.6) is 0 Å². The monoisotopic (exact) mass is 400 g/mol. The molecule has 0 aliphatic heterocycles. The molecule has 0 spiro atoms. The van der Waals surface area contributed by atoms with Crippen molar-refractivity contribution in [2.24, 2.45) is 5.73 Å². The number of thioether (sulfide) groups is 1. The van der Waals surface area contributed by atoms with Crippen LogP contribution in [0.4, 0.5) is 5.69 Å². The maximum atomic E-state index is 12.7. The van der Waals surface area contributed by atoms with E-state index in [4.69, 9.17) is 10.7 Å². The molecule has 2 amide bonds. The van der Waals surface area contributed by atoms with E-state index in [0.717, 1.165) is 10.9 Å². The van der Waals surface area contributed by atoms with E-state index < -0.39 is 5.91 Å². The van der Waals surface area contributed by atoms with Gasteiger partial charge in [-0.2, -0.15) is 0 Å². The lowest BCUT2D eigenvalue weighted by atomic mass is 9.95. The normalized spacial score (nSPS) is 16.0. The lowest BCUT2D eigenvalue weighted by molar-refractivity contribution is -0.115. The minimum Gasteiger partial charge on any atom is -0.366 e. The Bertz CT molecular complexity index is 854. The first-order chi connectivity index (χ1) is 13.4. The fourth-order valence-corrected chi connectivity index (χ4v) is 4.69. The van der Waals surface area contributed by atoms with Gasteiger partial charge in [0.25, 0.3) is 0 Å². The molecule has 2 aromatic rings. The van der Waals surface area contributed by atoms with E-state index in [0.29, 0.717) is 17.3 Å². The van der Waals surface area contributed by atoms with E-state index in [9.17, 15) is 9.59 Å². The smallest absolute Gasteiger partial charge is 0.248 e. The van der Waals surface area contributed by atoms with Gasteiger partial charge < -0.3 is 15.6 Å². The van der Waals surface area contributed by atoms with Gasteiger partial charge in [0.05, 0.1) is 10.9 Å². The molecule has 1 heterocycles. The predicted molar refractivity (Wildman–Crippen MR) is 113 cm³/mol. The van der Waals surface area contributed by atoms with E-state index in [1.165, 1.54) is 49.6 Å². The number of imidazole rings is 1. The van der Waals surface area contributed by atoms with Crippen molar-refractivity contribution in [1.29, 1.82) is 0 Å². The van der Waals surface area contributed by atoms with E-state index in [2.05, 4.69) is 16.8 Å². The zero-order chi connectivity index (χ0) is 20.3. The Hall–Kier alpha value is -2.28. The number of benzene rings is 1. The number of nitrogens with zero attached hydrogens (tertiary/aromatic N) is 2. The fourth-order valence-electron chi connectivity index (χ4n) is 3.62. The summed E-state index contributed by atoms with van der Waals surface area (Å²) < 4.78 is 2.34. The van der Waals surface area contributed by atoms with Crippen molar-refractivity contribution in [2.75, 3.05) is 5.32 Å². The standard InChI is InChI=1S/C21H28N4O2S/c1-13-14(2)25(18-7-5-4-6-8-18)21(23-13)28-15(3)20(27)24-17-11-9-16(10-12-17)19(22)26/h9-12,15,18H,4-8H2,1-3H3,(H2,22,26)(H,24,27). The number of carbonyl (C=O) groups excluding carboxylic acids is 2. The van der Waals surface area contributed by atoms with Gasteiger partial charge in [-0.3, -0.25) is 9.59 Å². The van der Waals surface area contributed by atoms with E-state index >= 15 is 0 Å².